The van der Waals surface area contributed by atoms with E-state index in [1.807, 2.05) is 28.5 Å². The van der Waals surface area contributed by atoms with Crippen molar-refractivity contribution < 1.29 is 14.3 Å². The van der Waals surface area contributed by atoms with E-state index in [-0.39, 0.29) is 5.91 Å². The molecule has 2 heterocycles. The van der Waals surface area contributed by atoms with E-state index in [1.54, 1.807) is 14.2 Å². The van der Waals surface area contributed by atoms with Crippen LogP contribution in [0.25, 0.3) is 10.6 Å². The molecule has 0 N–H and O–H groups in total. The number of piperidine rings is 1. The fraction of sp³-hybridized carbons (Fsp3) is 0.412. The third-order valence-electron chi connectivity index (χ3n) is 4.00. The number of nitrogens with zero attached hydrogens (tertiary/aromatic N) is 2. The van der Waals surface area contributed by atoms with E-state index in [0.29, 0.717) is 17.2 Å². The molecule has 1 aliphatic heterocycles. The third kappa shape index (κ3) is 3.17. The van der Waals surface area contributed by atoms with Gasteiger partial charge in [0.05, 0.1) is 19.8 Å². The Hall–Kier alpha value is -2.08. The normalized spacial score (nSPS) is 14.6. The minimum Gasteiger partial charge on any atom is -0.493 e. The van der Waals surface area contributed by atoms with Crippen molar-refractivity contribution in [3.63, 3.8) is 0 Å². The highest BCUT2D eigenvalue weighted by Gasteiger charge is 2.22. The molecule has 0 atom stereocenters. The van der Waals surface area contributed by atoms with Gasteiger partial charge in [-0.05, 0) is 31.4 Å². The van der Waals surface area contributed by atoms with Crippen molar-refractivity contribution in [2.45, 2.75) is 19.3 Å². The zero-order valence-electron chi connectivity index (χ0n) is 13.4. The molecular formula is C17H20N2O3S. The van der Waals surface area contributed by atoms with Gasteiger partial charge in [-0.1, -0.05) is 6.07 Å². The van der Waals surface area contributed by atoms with Crippen molar-refractivity contribution >= 4 is 17.2 Å². The van der Waals surface area contributed by atoms with E-state index in [0.717, 1.165) is 36.5 Å². The lowest BCUT2D eigenvalue weighted by atomic mass is 10.1. The zero-order chi connectivity index (χ0) is 16.2. The van der Waals surface area contributed by atoms with Crippen molar-refractivity contribution in [1.82, 2.24) is 9.88 Å². The highest BCUT2D eigenvalue weighted by molar-refractivity contribution is 7.13. The summed E-state index contributed by atoms with van der Waals surface area (Å²) in [5, 5.41) is 2.59. The number of likely N-dealkylation sites (tertiary alicyclic amines) is 1. The van der Waals surface area contributed by atoms with Crippen molar-refractivity contribution in [3.05, 3.63) is 29.3 Å². The Kier molecular flexibility index (Phi) is 4.81. The molecule has 0 bridgehead atoms. The maximum absolute atomic E-state index is 12.5. The second-order valence-corrected chi connectivity index (χ2v) is 6.29. The number of thiazole rings is 1. The second-order valence-electron chi connectivity index (χ2n) is 5.43. The molecule has 6 heteroatoms. The summed E-state index contributed by atoms with van der Waals surface area (Å²) < 4.78 is 10.8. The van der Waals surface area contributed by atoms with Gasteiger partial charge < -0.3 is 14.4 Å². The van der Waals surface area contributed by atoms with Gasteiger partial charge in [0.15, 0.2) is 11.5 Å². The van der Waals surface area contributed by atoms with E-state index >= 15 is 0 Å². The molecular weight excluding hydrogens is 312 g/mol. The number of carbonyl (C=O) groups excluding carboxylic acids is 1. The first kappa shape index (κ1) is 15.8. The number of hydrogen-bond acceptors (Lipinski definition) is 5. The first-order valence-corrected chi connectivity index (χ1v) is 8.58. The number of hydrogen-bond donors (Lipinski definition) is 0. The zero-order valence-corrected chi connectivity index (χ0v) is 14.2. The van der Waals surface area contributed by atoms with Crippen LogP contribution >= 0.6 is 11.3 Å². The predicted octanol–water partition coefficient (Wildman–Crippen LogP) is 3.45. The van der Waals surface area contributed by atoms with E-state index < -0.39 is 0 Å². The highest BCUT2D eigenvalue weighted by Crippen LogP contribution is 2.39. The van der Waals surface area contributed by atoms with Gasteiger partial charge in [-0.3, -0.25) is 4.79 Å². The first-order valence-electron chi connectivity index (χ1n) is 7.70. The number of aromatic nitrogens is 1. The number of amides is 1. The van der Waals surface area contributed by atoms with Crippen LogP contribution in [0.3, 0.4) is 0 Å². The standard InChI is InChI=1S/C17H20N2O3S/c1-21-14-8-6-7-12(15(14)22-2)16-18-13(11-23-16)17(20)19-9-4-3-5-10-19/h6-8,11H,3-5,9-10H2,1-2H3. The second kappa shape index (κ2) is 7.00. The molecule has 0 radical (unpaired) electrons. The molecule has 0 unspecified atom stereocenters. The summed E-state index contributed by atoms with van der Waals surface area (Å²) in [5.41, 5.74) is 1.35. The van der Waals surface area contributed by atoms with Gasteiger partial charge >= 0.3 is 0 Å². The number of benzene rings is 1. The number of methoxy groups -OCH3 is 2. The van der Waals surface area contributed by atoms with Crippen LogP contribution in [-0.2, 0) is 0 Å². The summed E-state index contributed by atoms with van der Waals surface area (Å²) >= 11 is 1.45. The molecule has 1 fully saturated rings. The largest absolute Gasteiger partial charge is 0.493 e. The molecule has 1 amide bonds. The van der Waals surface area contributed by atoms with Crippen LogP contribution in [0, 0.1) is 0 Å². The molecule has 23 heavy (non-hydrogen) atoms. The monoisotopic (exact) mass is 332 g/mol. The predicted molar refractivity (Wildman–Crippen MR) is 90.4 cm³/mol. The average molecular weight is 332 g/mol. The summed E-state index contributed by atoms with van der Waals surface area (Å²) in [4.78, 5) is 19.0. The molecule has 1 aromatic carbocycles. The van der Waals surface area contributed by atoms with Crippen molar-refractivity contribution in [2.24, 2.45) is 0 Å². The Labute approximate surface area is 139 Å². The first-order chi connectivity index (χ1) is 11.2. The van der Waals surface area contributed by atoms with Crippen LogP contribution in [0.5, 0.6) is 11.5 Å². The van der Waals surface area contributed by atoms with Gasteiger partial charge in [0, 0.05) is 18.5 Å². The van der Waals surface area contributed by atoms with E-state index in [4.69, 9.17) is 9.47 Å². The van der Waals surface area contributed by atoms with Crippen molar-refractivity contribution in [1.29, 1.82) is 0 Å². The molecule has 1 aromatic heterocycles. The van der Waals surface area contributed by atoms with Gasteiger partial charge in [-0.25, -0.2) is 4.98 Å². The maximum atomic E-state index is 12.5. The van der Waals surface area contributed by atoms with Gasteiger partial charge in [-0.2, -0.15) is 0 Å². The average Bonchev–Trinajstić information content (AvgIpc) is 3.10. The summed E-state index contributed by atoms with van der Waals surface area (Å²) in [7, 11) is 3.21. The third-order valence-corrected chi connectivity index (χ3v) is 4.88. The quantitative estimate of drug-likeness (QED) is 0.860. The number of carbonyl (C=O) groups is 1. The summed E-state index contributed by atoms with van der Waals surface area (Å²) in [6, 6.07) is 5.66. The molecule has 1 aliphatic rings. The molecule has 1 saturated heterocycles. The smallest absolute Gasteiger partial charge is 0.273 e. The number of para-hydroxylation sites is 1. The maximum Gasteiger partial charge on any atom is 0.273 e. The number of ether oxygens (including phenoxy) is 2. The lowest BCUT2D eigenvalue weighted by molar-refractivity contribution is 0.0719. The lowest BCUT2D eigenvalue weighted by Crippen LogP contribution is -2.35. The Morgan fingerprint density at radius 2 is 1.96 bits per heavy atom. The Morgan fingerprint density at radius 1 is 1.17 bits per heavy atom. The highest BCUT2D eigenvalue weighted by atomic mass is 32.1. The Balaban J connectivity index is 1.88. The van der Waals surface area contributed by atoms with Crippen molar-refractivity contribution in [3.8, 4) is 22.1 Å². The number of rotatable bonds is 4. The van der Waals surface area contributed by atoms with Gasteiger partial charge in [0.2, 0.25) is 0 Å². The van der Waals surface area contributed by atoms with Crippen LogP contribution in [0.1, 0.15) is 29.8 Å². The molecule has 0 spiro atoms. The Bertz CT molecular complexity index is 693. The van der Waals surface area contributed by atoms with Gasteiger partial charge in [0.25, 0.3) is 5.91 Å². The fourth-order valence-corrected chi connectivity index (χ4v) is 3.63. The summed E-state index contributed by atoms with van der Waals surface area (Å²) in [6.07, 6.45) is 3.35. The SMILES string of the molecule is COc1cccc(-c2nc(C(=O)N3CCCCC3)cs2)c1OC. The van der Waals surface area contributed by atoms with Crippen LogP contribution in [0.4, 0.5) is 0 Å². The van der Waals surface area contributed by atoms with Gasteiger partial charge in [0.1, 0.15) is 10.7 Å². The minimum absolute atomic E-state index is 0.0223. The molecule has 122 valence electrons. The molecule has 5 nitrogen and oxygen atoms in total. The van der Waals surface area contributed by atoms with Crippen LogP contribution in [0.2, 0.25) is 0 Å². The Morgan fingerprint density at radius 3 is 2.65 bits per heavy atom. The van der Waals surface area contributed by atoms with Crippen molar-refractivity contribution in [2.75, 3.05) is 27.3 Å². The van der Waals surface area contributed by atoms with Crippen LogP contribution in [-0.4, -0.2) is 43.1 Å². The molecule has 2 aromatic rings. The molecule has 0 aliphatic carbocycles. The van der Waals surface area contributed by atoms with E-state index in [9.17, 15) is 4.79 Å². The van der Waals surface area contributed by atoms with E-state index in [1.165, 1.54) is 17.8 Å². The summed E-state index contributed by atoms with van der Waals surface area (Å²) in [5.74, 6) is 1.32. The van der Waals surface area contributed by atoms with Crippen LogP contribution < -0.4 is 9.47 Å². The van der Waals surface area contributed by atoms with Gasteiger partial charge in [-0.15, -0.1) is 11.3 Å². The topological polar surface area (TPSA) is 51.7 Å². The molecule has 3 rings (SSSR count). The fourth-order valence-electron chi connectivity index (χ4n) is 2.81. The van der Waals surface area contributed by atoms with E-state index in [2.05, 4.69) is 4.98 Å². The summed E-state index contributed by atoms with van der Waals surface area (Å²) in [6.45, 7) is 1.66. The molecule has 0 saturated carbocycles. The van der Waals surface area contributed by atoms with Crippen LogP contribution in [0.15, 0.2) is 23.6 Å². The minimum atomic E-state index is 0.0223. The lowest BCUT2D eigenvalue weighted by Gasteiger charge is -2.25.